The number of fused-ring (bicyclic) bond motifs is 1. The maximum Gasteiger partial charge on any atom is 0.252 e. The first-order valence-corrected chi connectivity index (χ1v) is 16.1. The van der Waals surface area contributed by atoms with E-state index in [0.29, 0.717) is 48.8 Å². The molecule has 1 N–H and O–H groups in total. The summed E-state index contributed by atoms with van der Waals surface area (Å²) in [5.74, 6) is 1.91. The first-order valence-electron chi connectivity index (χ1n) is 13.8. The summed E-state index contributed by atoms with van der Waals surface area (Å²) in [5, 5.41) is 5.39. The van der Waals surface area contributed by atoms with Gasteiger partial charge in [0.2, 0.25) is 5.95 Å². The Kier molecular flexibility index (Phi) is 8.79. The molecule has 9 nitrogen and oxygen atoms in total. The molecule has 11 heteroatoms. The molecule has 0 bridgehead atoms. The van der Waals surface area contributed by atoms with E-state index in [2.05, 4.69) is 40.8 Å². The molecule has 1 saturated heterocycles. The summed E-state index contributed by atoms with van der Waals surface area (Å²) in [6.07, 6.45) is 6.54. The molecule has 0 saturated carbocycles. The maximum absolute atomic E-state index is 13.0. The van der Waals surface area contributed by atoms with Crippen molar-refractivity contribution in [3.05, 3.63) is 59.7 Å². The lowest BCUT2D eigenvalue weighted by molar-refractivity contribution is 0.383. The first kappa shape index (κ1) is 27.5. The lowest BCUT2D eigenvalue weighted by atomic mass is 9.99. The minimum absolute atomic E-state index is 0.387. The van der Waals surface area contributed by atoms with E-state index < -0.39 is 10.0 Å². The number of piperazine rings is 1. The highest BCUT2D eigenvalue weighted by Gasteiger charge is 2.30. The number of rotatable bonds is 12. The third kappa shape index (κ3) is 6.26. The van der Waals surface area contributed by atoms with E-state index in [-0.39, 0.29) is 0 Å². The molecular formula is C28H37N7O2S2. The van der Waals surface area contributed by atoms with Crippen LogP contribution in [0.2, 0.25) is 0 Å². The van der Waals surface area contributed by atoms with Crippen LogP contribution in [0, 0.1) is 5.92 Å². The molecule has 1 aliphatic rings. The molecule has 0 spiro atoms. The predicted molar refractivity (Wildman–Crippen MR) is 158 cm³/mol. The van der Waals surface area contributed by atoms with Crippen molar-refractivity contribution in [2.45, 2.75) is 50.3 Å². The molecule has 0 amide bonds. The molecule has 1 atom stereocenters. The van der Waals surface area contributed by atoms with Gasteiger partial charge in [0.05, 0.1) is 12.9 Å². The van der Waals surface area contributed by atoms with E-state index in [1.807, 2.05) is 24.5 Å². The van der Waals surface area contributed by atoms with E-state index in [4.69, 9.17) is 15.0 Å². The minimum atomic E-state index is -3.47. The van der Waals surface area contributed by atoms with Gasteiger partial charge in [-0.15, -0.1) is 11.3 Å². The zero-order chi connectivity index (χ0) is 27.2. The Hall–Kier alpha value is -3.02. The number of nitrogens with one attached hydrogen (secondary N) is 1. The number of sulfonamides is 1. The standard InChI is InChI=1S/C28H37N7O2S2/c1-3-5-10-22(4-2)19-29-26-25-27(34(21-30-25)20-23-11-7-6-8-12-23)32-28(31-26)33-14-16-35(17-15-33)39(36,37)24-13-9-18-38-24/h6-9,11-13,18,21-22H,3-5,10,14-17,19-20H2,1-2H3,(H,29,31,32). The van der Waals surface area contributed by atoms with E-state index >= 15 is 0 Å². The number of unbranched alkanes of at least 4 members (excludes halogenated alkanes) is 1. The Morgan fingerprint density at radius 2 is 1.82 bits per heavy atom. The molecule has 1 fully saturated rings. The van der Waals surface area contributed by atoms with Crippen molar-refractivity contribution < 1.29 is 8.42 Å². The van der Waals surface area contributed by atoms with E-state index in [9.17, 15) is 8.42 Å². The van der Waals surface area contributed by atoms with Crippen LogP contribution in [0.4, 0.5) is 11.8 Å². The van der Waals surface area contributed by atoms with Gasteiger partial charge in [0.1, 0.15) is 4.21 Å². The highest BCUT2D eigenvalue weighted by atomic mass is 32.2. The fourth-order valence-corrected chi connectivity index (χ4v) is 7.51. The summed E-state index contributed by atoms with van der Waals surface area (Å²) in [6, 6.07) is 13.7. The van der Waals surface area contributed by atoms with Crippen molar-refractivity contribution >= 4 is 44.3 Å². The van der Waals surface area contributed by atoms with Gasteiger partial charge in [-0.3, -0.25) is 0 Å². The second kappa shape index (κ2) is 12.4. The second-order valence-corrected chi connectivity index (χ2v) is 13.1. The van der Waals surface area contributed by atoms with Crippen molar-refractivity contribution in [1.29, 1.82) is 0 Å². The van der Waals surface area contributed by atoms with Crippen LogP contribution in [0.3, 0.4) is 0 Å². The molecular weight excluding hydrogens is 530 g/mol. The van der Waals surface area contributed by atoms with E-state index in [0.717, 1.165) is 29.9 Å². The Balaban J connectivity index is 1.41. The Morgan fingerprint density at radius 3 is 2.51 bits per heavy atom. The number of benzene rings is 1. The van der Waals surface area contributed by atoms with Crippen molar-refractivity contribution in [3.8, 4) is 0 Å². The van der Waals surface area contributed by atoms with Gasteiger partial charge in [0.15, 0.2) is 17.0 Å². The molecule has 3 aromatic heterocycles. The third-order valence-corrected chi connectivity index (χ3v) is 10.6. The van der Waals surface area contributed by atoms with Crippen LogP contribution < -0.4 is 10.2 Å². The van der Waals surface area contributed by atoms with Crippen LogP contribution in [0.5, 0.6) is 0 Å². The zero-order valence-corrected chi connectivity index (χ0v) is 24.3. The average Bonchev–Trinajstić information content (AvgIpc) is 3.65. The molecule has 208 valence electrons. The Labute approximate surface area is 235 Å². The van der Waals surface area contributed by atoms with Gasteiger partial charge < -0.3 is 14.8 Å². The molecule has 5 rings (SSSR count). The summed E-state index contributed by atoms with van der Waals surface area (Å²) in [7, 11) is -3.47. The lowest BCUT2D eigenvalue weighted by Crippen LogP contribution is -2.49. The predicted octanol–water partition coefficient (Wildman–Crippen LogP) is 5.08. The molecule has 1 unspecified atom stereocenters. The van der Waals surface area contributed by atoms with Gasteiger partial charge in [-0.2, -0.15) is 14.3 Å². The second-order valence-electron chi connectivity index (χ2n) is 10.0. The topological polar surface area (TPSA) is 96.2 Å². The number of nitrogens with zero attached hydrogens (tertiary/aromatic N) is 6. The van der Waals surface area contributed by atoms with Crippen molar-refractivity contribution in [2.24, 2.45) is 5.92 Å². The number of aromatic nitrogens is 4. The smallest absolute Gasteiger partial charge is 0.252 e. The molecule has 4 heterocycles. The van der Waals surface area contributed by atoms with Crippen molar-refractivity contribution in [2.75, 3.05) is 42.9 Å². The van der Waals surface area contributed by atoms with E-state index in [1.54, 1.807) is 21.8 Å². The monoisotopic (exact) mass is 567 g/mol. The van der Waals surface area contributed by atoms with Crippen LogP contribution in [-0.4, -0.2) is 65.0 Å². The van der Waals surface area contributed by atoms with Gasteiger partial charge in [0.25, 0.3) is 10.0 Å². The Bertz CT molecular complexity index is 1450. The largest absolute Gasteiger partial charge is 0.368 e. The van der Waals surface area contributed by atoms with Gasteiger partial charge in [-0.1, -0.05) is 69.5 Å². The fraction of sp³-hybridized carbons (Fsp3) is 0.464. The van der Waals surface area contributed by atoms with Gasteiger partial charge in [-0.25, -0.2) is 13.4 Å². The molecule has 0 aliphatic carbocycles. The third-order valence-electron chi connectivity index (χ3n) is 7.36. The van der Waals surface area contributed by atoms with Crippen LogP contribution in [0.15, 0.2) is 58.4 Å². The normalized spacial score (nSPS) is 15.6. The van der Waals surface area contributed by atoms with Gasteiger partial charge >= 0.3 is 0 Å². The summed E-state index contributed by atoms with van der Waals surface area (Å²) in [4.78, 5) is 16.7. The number of hydrogen-bond acceptors (Lipinski definition) is 8. The number of imidazole rings is 1. The maximum atomic E-state index is 13.0. The summed E-state index contributed by atoms with van der Waals surface area (Å²) < 4.78 is 30.1. The zero-order valence-electron chi connectivity index (χ0n) is 22.7. The van der Waals surface area contributed by atoms with Crippen LogP contribution in [0.1, 0.15) is 45.1 Å². The SMILES string of the molecule is CCCCC(CC)CNc1nc(N2CCN(S(=O)(=O)c3cccs3)CC2)nc2c1ncn2Cc1ccccc1. The molecule has 0 radical (unpaired) electrons. The molecule has 1 aromatic carbocycles. The number of hydrogen-bond donors (Lipinski definition) is 1. The molecule has 39 heavy (non-hydrogen) atoms. The Morgan fingerprint density at radius 1 is 1.03 bits per heavy atom. The summed E-state index contributed by atoms with van der Waals surface area (Å²) in [5.41, 5.74) is 2.71. The summed E-state index contributed by atoms with van der Waals surface area (Å²) in [6.45, 7) is 7.79. The minimum Gasteiger partial charge on any atom is -0.368 e. The number of anilines is 2. The molecule has 1 aliphatic heterocycles. The lowest BCUT2D eigenvalue weighted by Gasteiger charge is -2.33. The fourth-order valence-electron chi connectivity index (χ4n) is 4.94. The van der Waals surface area contributed by atoms with Gasteiger partial charge in [0, 0.05) is 32.7 Å². The molecule has 4 aromatic rings. The van der Waals surface area contributed by atoms with E-state index in [1.165, 1.54) is 36.2 Å². The van der Waals surface area contributed by atoms with Crippen LogP contribution in [0.25, 0.3) is 11.2 Å². The average molecular weight is 568 g/mol. The van der Waals surface area contributed by atoms with Crippen molar-refractivity contribution in [1.82, 2.24) is 23.8 Å². The van der Waals surface area contributed by atoms with Crippen LogP contribution in [-0.2, 0) is 16.6 Å². The van der Waals surface area contributed by atoms with Gasteiger partial charge in [-0.05, 0) is 29.3 Å². The highest BCUT2D eigenvalue weighted by molar-refractivity contribution is 7.91. The highest BCUT2D eigenvalue weighted by Crippen LogP contribution is 2.27. The first-order chi connectivity index (χ1) is 19.0. The quantitative estimate of drug-likeness (QED) is 0.255. The van der Waals surface area contributed by atoms with Crippen molar-refractivity contribution in [3.63, 3.8) is 0 Å². The summed E-state index contributed by atoms with van der Waals surface area (Å²) >= 11 is 1.26. The number of thiophene rings is 1. The van der Waals surface area contributed by atoms with Crippen LogP contribution >= 0.6 is 11.3 Å².